The van der Waals surface area contributed by atoms with Crippen molar-refractivity contribution in [2.45, 2.75) is 0 Å². The van der Waals surface area contributed by atoms with E-state index in [0.29, 0.717) is 22.8 Å². The number of benzene rings is 8. The monoisotopic (exact) mass is 824 g/mol. The average molecular weight is 825 g/mol. The third-order valence-electron chi connectivity index (χ3n) is 11.9. The molecule has 0 amide bonds. The normalized spacial score (nSPS) is 11.8. The summed E-state index contributed by atoms with van der Waals surface area (Å²) >= 11 is 1.84. The number of aromatic nitrogens is 4. The molecule has 0 bridgehead atoms. The van der Waals surface area contributed by atoms with E-state index in [2.05, 4.69) is 115 Å². The lowest BCUT2D eigenvalue weighted by Gasteiger charge is -2.11. The molecular formula is C56H32N4O2S. The minimum Gasteiger partial charge on any atom is -0.455 e. The van der Waals surface area contributed by atoms with Crippen molar-refractivity contribution in [1.82, 2.24) is 19.9 Å². The van der Waals surface area contributed by atoms with Crippen molar-refractivity contribution < 1.29 is 8.83 Å². The maximum atomic E-state index is 6.83. The van der Waals surface area contributed by atoms with E-state index in [0.717, 1.165) is 83.3 Å². The molecule has 0 fully saturated rings. The fraction of sp³-hybridized carbons (Fsp3) is 0. The van der Waals surface area contributed by atoms with Gasteiger partial charge in [0.2, 0.25) is 0 Å². The van der Waals surface area contributed by atoms with Crippen molar-refractivity contribution in [2.75, 3.05) is 0 Å². The first-order valence-electron chi connectivity index (χ1n) is 20.9. The van der Waals surface area contributed by atoms with Gasteiger partial charge in [-0.3, -0.25) is 0 Å². The molecule has 0 unspecified atom stereocenters. The van der Waals surface area contributed by atoms with Gasteiger partial charge in [0.15, 0.2) is 17.2 Å². The summed E-state index contributed by atoms with van der Waals surface area (Å²) in [7, 11) is 0. The summed E-state index contributed by atoms with van der Waals surface area (Å²) in [6.45, 7) is 0. The van der Waals surface area contributed by atoms with E-state index in [4.69, 9.17) is 28.8 Å². The number of thiophene rings is 1. The molecule has 0 spiro atoms. The Labute approximate surface area is 364 Å². The largest absolute Gasteiger partial charge is 0.455 e. The van der Waals surface area contributed by atoms with E-state index in [1.54, 1.807) is 0 Å². The fourth-order valence-corrected chi connectivity index (χ4v) is 10.2. The van der Waals surface area contributed by atoms with Crippen LogP contribution in [0.25, 0.3) is 132 Å². The molecule has 0 aliphatic carbocycles. The Morgan fingerprint density at radius 2 is 0.984 bits per heavy atom. The van der Waals surface area contributed by atoms with Gasteiger partial charge in [0, 0.05) is 58.6 Å². The van der Waals surface area contributed by atoms with Crippen LogP contribution < -0.4 is 0 Å². The highest BCUT2D eigenvalue weighted by atomic mass is 32.1. The number of hydrogen-bond acceptors (Lipinski definition) is 7. The van der Waals surface area contributed by atoms with Crippen LogP contribution in [0, 0.1) is 0 Å². The van der Waals surface area contributed by atoms with Crippen LogP contribution in [-0.4, -0.2) is 19.9 Å². The maximum Gasteiger partial charge on any atom is 0.180 e. The lowest BCUT2D eigenvalue weighted by molar-refractivity contribution is 0.666. The molecule has 13 aromatic rings. The second kappa shape index (κ2) is 14.2. The fourth-order valence-electron chi connectivity index (χ4n) is 9.01. The molecule has 0 N–H and O–H groups in total. The highest BCUT2D eigenvalue weighted by Gasteiger charge is 2.23. The SMILES string of the molecule is c1ccc(-c2nc(-c3cccc(-c4cccc5c4sc4ccccc45)c3)cc(-c3cccc4oc5c(-c6nc(-c7ccccc7)c7oc8ccccc8c7n6)cccc5c34)n2)cc1. The molecule has 0 radical (unpaired) electrons. The molecule has 0 atom stereocenters. The van der Waals surface area contributed by atoms with Gasteiger partial charge in [0.1, 0.15) is 28.0 Å². The maximum absolute atomic E-state index is 6.83. The van der Waals surface area contributed by atoms with Crippen molar-refractivity contribution in [1.29, 1.82) is 0 Å². The van der Waals surface area contributed by atoms with Gasteiger partial charge >= 0.3 is 0 Å². The number of fused-ring (bicyclic) bond motifs is 9. The predicted octanol–water partition coefficient (Wildman–Crippen LogP) is 15.4. The van der Waals surface area contributed by atoms with Crippen LogP contribution in [-0.2, 0) is 0 Å². The second-order valence-corrected chi connectivity index (χ2v) is 16.7. The molecule has 5 heterocycles. The number of nitrogens with zero attached hydrogens (tertiary/aromatic N) is 4. The summed E-state index contributed by atoms with van der Waals surface area (Å²) in [5, 5.41) is 5.40. The summed E-state index contributed by atoms with van der Waals surface area (Å²) in [6, 6.07) is 66.7. The number of furan rings is 2. The van der Waals surface area contributed by atoms with Crippen LogP contribution in [0.1, 0.15) is 0 Å². The topological polar surface area (TPSA) is 77.8 Å². The van der Waals surface area contributed by atoms with Gasteiger partial charge in [-0.25, -0.2) is 19.9 Å². The van der Waals surface area contributed by atoms with Gasteiger partial charge in [-0.05, 0) is 53.6 Å². The van der Waals surface area contributed by atoms with Gasteiger partial charge in [0.25, 0.3) is 0 Å². The van der Waals surface area contributed by atoms with Gasteiger partial charge in [-0.2, -0.15) is 0 Å². The first kappa shape index (κ1) is 35.5. The Balaban J connectivity index is 0.995. The zero-order valence-electron chi connectivity index (χ0n) is 33.5. The van der Waals surface area contributed by atoms with E-state index in [1.807, 2.05) is 90.2 Å². The lowest BCUT2D eigenvalue weighted by Crippen LogP contribution is -1.96. The van der Waals surface area contributed by atoms with E-state index in [1.165, 1.54) is 25.7 Å². The first-order valence-corrected chi connectivity index (χ1v) is 21.7. The van der Waals surface area contributed by atoms with E-state index in [9.17, 15) is 0 Å². The van der Waals surface area contributed by atoms with Gasteiger partial charge in [0.05, 0.1) is 17.0 Å². The summed E-state index contributed by atoms with van der Waals surface area (Å²) in [6.07, 6.45) is 0. The molecule has 0 saturated carbocycles. The van der Waals surface area contributed by atoms with Crippen LogP contribution in [0.3, 0.4) is 0 Å². The van der Waals surface area contributed by atoms with Crippen LogP contribution in [0.2, 0.25) is 0 Å². The highest BCUT2D eigenvalue weighted by molar-refractivity contribution is 7.26. The minimum atomic E-state index is 0.556. The molecular weight excluding hydrogens is 793 g/mol. The molecule has 0 aliphatic rings. The molecule has 6 nitrogen and oxygen atoms in total. The molecule has 63 heavy (non-hydrogen) atoms. The summed E-state index contributed by atoms with van der Waals surface area (Å²) in [4.78, 5) is 20.9. The van der Waals surface area contributed by atoms with Gasteiger partial charge < -0.3 is 8.83 Å². The standard InChI is InChI=1S/C56H32N4O2S/c1-3-15-33(16-4-1)50-53-51(41-22-7-9-28-46(41)61-53)60-56(59-50)43-27-13-26-42-49-40(25-14-29-47(49)62-52(42)43)45-32-44(57-55(58-45)34-17-5-2-6-18-34)36-20-11-19-35(31-36)37-23-12-24-39-38-21-8-10-30-48(38)63-54(37)39/h1-32H. The van der Waals surface area contributed by atoms with Crippen molar-refractivity contribution in [2.24, 2.45) is 0 Å². The third kappa shape index (κ3) is 5.78. The average Bonchev–Trinajstić information content (AvgIpc) is 4.06. The minimum absolute atomic E-state index is 0.556. The first-order chi connectivity index (χ1) is 31.2. The van der Waals surface area contributed by atoms with Gasteiger partial charge in [-0.1, -0.05) is 152 Å². The van der Waals surface area contributed by atoms with E-state index < -0.39 is 0 Å². The summed E-state index contributed by atoms with van der Waals surface area (Å²) in [5.41, 5.74) is 12.9. The number of rotatable bonds is 6. The lowest BCUT2D eigenvalue weighted by atomic mass is 9.98. The van der Waals surface area contributed by atoms with E-state index in [-0.39, 0.29) is 0 Å². The Morgan fingerprint density at radius 1 is 0.365 bits per heavy atom. The zero-order chi connectivity index (χ0) is 41.4. The molecule has 13 rings (SSSR count). The summed E-state index contributed by atoms with van der Waals surface area (Å²) < 4.78 is 15.8. The van der Waals surface area contributed by atoms with Crippen LogP contribution >= 0.6 is 11.3 Å². The Kier molecular flexibility index (Phi) is 7.98. The van der Waals surface area contributed by atoms with Crippen molar-refractivity contribution in [3.8, 4) is 67.7 Å². The zero-order valence-corrected chi connectivity index (χ0v) is 34.3. The number of para-hydroxylation sites is 2. The van der Waals surface area contributed by atoms with Crippen molar-refractivity contribution >= 4 is 75.5 Å². The molecule has 7 heteroatoms. The predicted molar refractivity (Wildman–Crippen MR) is 258 cm³/mol. The van der Waals surface area contributed by atoms with E-state index >= 15 is 0 Å². The molecule has 0 saturated heterocycles. The molecule has 294 valence electrons. The van der Waals surface area contributed by atoms with Crippen LogP contribution in [0.5, 0.6) is 0 Å². The number of hydrogen-bond donors (Lipinski definition) is 0. The van der Waals surface area contributed by atoms with Gasteiger partial charge in [-0.15, -0.1) is 11.3 Å². The van der Waals surface area contributed by atoms with Crippen LogP contribution in [0.4, 0.5) is 0 Å². The Hall–Kier alpha value is -8.26. The van der Waals surface area contributed by atoms with Crippen LogP contribution in [0.15, 0.2) is 203 Å². The molecule has 8 aromatic carbocycles. The Morgan fingerprint density at radius 3 is 1.86 bits per heavy atom. The third-order valence-corrected chi connectivity index (χ3v) is 13.2. The smallest absolute Gasteiger partial charge is 0.180 e. The van der Waals surface area contributed by atoms with Crippen molar-refractivity contribution in [3.63, 3.8) is 0 Å². The highest BCUT2D eigenvalue weighted by Crippen LogP contribution is 2.44. The quantitative estimate of drug-likeness (QED) is 0.166. The van der Waals surface area contributed by atoms with Crippen molar-refractivity contribution in [3.05, 3.63) is 194 Å². The Bertz CT molecular complexity index is 3930. The second-order valence-electron chi connectivity index (χ2n) is 15.7. The molecule has 0 aliphatic heterocycles. The molecule has 5 aromatic heterocycles. The summed E-state index contributed by atoms with van der Waals surface area (Å²) in [5.74, 6) is 1.20.